The number of carbonyl (C=O) groups is 3. The fourth-order valence-corrected chi connectivity index (χ4v) is 5.42. The van der Waals surface area contributed by atoms with Crippen molar-refractivity contribution in [2.75, 3.05) is 32.8 Å². The van der Waals surface area contributed by atoms with E-state index >= 15 is 4.39 Å². The lowest BCUT2D eigenvalue weighted by Crippen LogP contribution is -2.50. The number of benzene rings is 2. The Bertz CT molecular complexity index is 1320. The van der Waals surface area contributed by atoms with Gasteiger partial charge >= 0.3 is 12.2 Å². The summed E-state index contributed by atoms with van der Waals surface area (Å²) >= 11 is 0. The smallest absolute Gasteiger partial charge is 0.410 e. The maximum Gasteiger partial charge on any atom is 0.410 e. The molecule has 4 rings (SSSR count). The number of nitrogens with zero attached hydrogens (tertiary/aromatic N) is 2. The summed E-state index contributed by atoms with van der Waals surface area (Å²) in [6.45, 7) is 10.8. The van der Waals surface area contributed by atoms with E-state index in [-0.39, 0.29) is 43.7 Å². The largest absolute Gasteiger partial charge is 0.493 e. The predicted octanol–water partition coefficient (Wildman–Crippen LogP) is 6.13. The van der Waals surface area contributed by atoms with Crippen molar-refractivity contribution in [1.29, 1.82) is 0 Å². The summed E-state index contributed by atoms with van der Waals surface area (Å²) in [5.41, 5.74) is 0.889. The molecular weight excluding hydrogens is 584 g/mol. The first-order valence-corrected chi connectivity index (χ1v) is 15.7. The summed E-state index contributed by atoms with van der Waals surface area (Å²) in [5, 5.41) is 2.56. The highest BCUT2D eigenvalue weighted by atomic mass is 19.1. The second kappa shape index (κ2) is 14.9. The molecule has 45 heavy (non-hydrogen) atoms. The van der Waals surface area contributed by atoms with Crippen LogP contribution in [0.15, 0.2) is 42.5 Å². The van der Waals surface area contributed by atoms with Crippen LogP contribution in [0.4, 0.5) is 18.4 Å². The third kappa shape index (κ3) is 10.1. The molecule has 9 nitrogen and oxygen atoms in total. The number of rotatable bonds is 9. The van der Waals surface area contributed by atoms with Gasteiger partial charge in [0.05, 0.1) is 19.3 Å². The van der Waals surface area contributed by atoms with Crippen LogP contribution in [0.1, 0.15) is 59.4 Å². The third-order valence-corrected chi connectivity index (χ3v) is 7.79. The number of hydrogen-bond donors (Lipinski definition) is 1. The molecule has 2 aliphatic rings. The van der Waals surface area contributed by atoms with Gasteiger partial charge in [-0.1, -0.05) is 24.3 Å². The molecule has 0 saturated carbocycles. The summed E-state index contributed by atoms with van der Waals surface area (Å²) < 4.78 is 45.8. The molecule has 0 bridgehead atoms. The van der Waals surface area contributed by atoms with Crippen molar-refractivity contribution in [3.8, 4) is 16.9 Å². The molecule has 0 aliphatic carbocycles. The minimum atomic E-state index is -1.12. The van der Waals surface area contributed by atoms with Crippen molar-refractivity contribution in [2.24, 2.45) is 5.92 Å². The lowest BCUT2D eigenvalue weighted by Gasteiger charge is -2.31. The highest BCUT2D eigenvalue weighted by Crippen LogP contribution is 2.27. The number of amides is 3. The molecule has 2 heterocycles. The molecule has 2 aromatic rings. The van der Waals surface area contributed by atoms with Gasteiger partial charge in [-0.25, -0.2) is 18.4 Å². The minimum absolute atomic E-state index is 0.0550. The monoisotopic (exact) mass is 629 g/mol. The summed E-state index contributed by atoms with van der Waals surface area (Å²) in [4.78, 5) is 40.9. The minimum Gasteiger partial charge on any atom is -0.493 e. The van der Waals surface area contributed by atoms with Gasteiger partial charge in [0.15, 0.2) is 0 Å². The van der Waals surface area contributed by atoms with E-state index in [1.165, 1.54) is 11.0 Å². The number of hydrogen-bond acceptors (Lipinski definition) is 6. The van der Waals surface area contributed by atoms with E-state index in [1.807, 2.05) is 38.1 Å². The molecule has 2 atom stereocenters. The molecule has 0 radical (unpaired) electrons. The molecular formula is C34H45F2N3O6. The first kappa shape index (κ1) is 34.0. The summed E-state index contributed by atoms with van der Waals surface area (Å²) in [7, 11) is 0. The zero-order chi connectivity index (χ0) is 32.7. The van der Waals surface area contributed by atoms with E-state index in [0.717, 1.165) is 18.4 Å². The van der Waals surface area contributed by atoms with Gasteiger partial charge in [0, 0.05) is 26.1 Å². The Hall–Kier alpha value is -3.89. The van der Waals surface area contributed by atoms with Crippen LogP contribution in [0.5, 0.6) is 5.75 Å². The molecule has 2 saturated heterocycles. The SMILES string of the molecule is CC(C)OC(=O)N1CCC(COc2ccc(-c3ccc(CC(NC(=O)OC(C)(C)C)C(=O)N4CCC(F)C4)c(F)c3)cc2)CC1. The van der Waals surface area contributed by atoms with Crippen LogP contribution in [0.2, 0.25) is 0 Å². The van der Waals surface area contributed by atoms with Crippen molar-refractivity contribution in [1.82, 2.24) is 15.1 Å². The number of piperidine rings is 1. The van der Waals surface area contributed by atoms with Gasteiger partial charge in [0.25, 0.3) is 0 Å². The zero-order valence-corrected chi connectivity index (χ0v) is 26.8. The van der Waals surface area contributed by atoms with Crippen LogP contribution in [0, 0.1) is 11.7 Å². The van der Waals surface area contributed by atoms with Crippen LogP contribution in [0.3, 0.4) is 0 Å². The number of likely N-dealkylation sites (tertiary alicyclic amines) is 2. The Morgan fingerprint density at radius 1 is 0.956 bits per heavy atom. The Labute approximate surface area is 264 Å². The number of carbonyl (C=O) groups excluding carboxylic acids is 3. The molecule has 3 amide bonds. The average molecular weight is 630 g/mol. The zero-order valence-electron chi connectivity index (χ0n) is 26.8. The van der Waals surface area contributed by atoms with E-state index in [1.54, 1.807) is 37.8 Å². The van der Waals surface area contributed by atoms with Crippen LogP contribution in [0.25, 0.3) is 11.1 Å². The van der Waals surface area contributed by atoms with Gasteiger partial charge in [-0.15, -0.1) is 0 Å². The number of ether oxygens (including phenoxy) is 3. The van der Waals surface area contributed by atoms with E-state index in [2.05, 4.69) is 5.32 Å². The average Bonchev–Trinajstić information content (AvgIpc) is 3.41. The van der Waals surface area contributed by atoms with E-state index < -0.39 is 35.6 Å². The van der Waals surface area contributed by atoms with Crippen LogP contribution < -0.4 is 10.1 Å². The van der Waals surface area contributed by atoms with E-state index in [4.69, 9.17) is 14.2 Å². The number of nitrogens with one attached hydrogen (secondary N) is 1. The van der Waals surface area contributed by atoms with Crippen molar-refractivity contribution in [3.63, 3.8) is 0 Å². The summed E-state index contributed by atoms with van der Waals surface area (Å²) in [5.74, 6) is 0.0348. The van der Waals surface area contributed by atoms with Crippen LogP contribution >= 0.6 is 0 Å². The van der Waals surface area contributed by atoms with E-state index in [9.17, 15) is 18.8 Å². The fraction of sp³-hybridized carbons (Fsp3) is 0.559. The molecule has 1 N–H and O–H groups in total. The number of alkyl carbamates (subject to hydrolysis) is 1. The third-order valence-electron chi connectivity index (χ3n) is 7.79. The van der Waals surface area contributed by atoms with Crippen LogP contribution in [-0.2, 0) is 20.7 Å². The Morgan fingerprint density at radius 2 is 1.60 bits per heavy atom. The van der Waals surface area contributed by atoms with Gasteiger partial charge in [-0.05, 0) is 94.7 Å². The Balaban J connectivity index is 1.35. The Kier molecular flexibility index (Phi) is 11.3. The number of halogens is 2. The molecule has 2 aliphatic heterocycles. The standard InChI is InChI=1S/C34H45F2N3O6/c1-22(2)44-33(42)38-15-12-23(13-16-38)21-43-28-10-8-24(9-11-28)25-6-7-26(29(36)18-25)19-30(37-32(41)45-34(3,4)5)31(40)39-17-14-27(35)20-39/h6-11,18,22-23,27,30H,12-17,19-21H2,1-5H3,(H,37,41). The lowest BCUT2D eigenvalue weighted by atomic mass is 9.98. The van der Waals surface area contributed by atoms with Gasteiger partial charge in [0.2, 0.25) is 5.91 Å². The predicted molar refractivity (Wildman–Crippen MR) is 166 cm³/mol. The van der Waals surface area contributed by atoms with Crippen molar-refractivity contribution in [2.45, 2.75) is 84.2 Å². The van der Waals surface area contributed by atoms with Crippen molar-refractivity contribution in [3.05, 3.63) is 53.8 Å². The van der Waals surface area contributed by atoms with Crippen molar-refractivity contribution < 1.29 is 37.4 Å². The maximum absolute atomic E-state index is 15.4. The highest BCUT2D eigenvalue weighted by molar-refractivity contribution is 5.86. The normalized spacial score (nSPS) is 18.1. The quantitative estimate of drug-likeness (QED) is 0.358. The Morgan fingerprint density at radius 3 is 2.18 bits per heavy atom. The molecule has 11 heteroatoms. The first-order valence-electron chi connectivity index (χ1n) is 15.7. The van der Waals surface area contributed by atoms with Crippen molar-refractivity contribution >= 4 is 18.1 Å². The molecule has 2 aromatic carbocycles. The van der Waals surface area contributed by atoms with Crippen LogP contribution in [-0.4, -0.2) is 84.6 Å². The molecule has 246 valence electrons. The molecule has 2 unspecified atom stereocenters. The van der Waals surface area contributed by atoms with E-state index in [0.29, 0.717) is 36.9 Å². The van der Waals surface area contributed by atoms with Gasteiger partial charge in [0.1, 0.15) is 29.4 Å². The molecule has 0 aromatic heterocycles. The molecule has 2 fully saturated rings. The second-order valence-corrected chi connectivity index (χ2v) is 13.1. The van der Waals surface area contributed by atoms with Gasteiger partial charge in [-0.3, -0.25) is 4.79 Å². The highest BCUT2D eigenvalue weighted by Gasteiger charge is 2.33. The summed E-state index contributed by atoms with van der Waals surface area (Å²) in [6.07, 6.45) is -0.531. The number of alkyl halides is 1. The molecule has 0 spiro atoms. The van der Waals surface area contributed by atoms with Gasteiger partial charge < -0.3 is 29.3 Å². The first-order chi connectivity index (χ1) is 21.3. The van der Waals surface area contributed by atoms with Gasteiger partial charge in [-0.2, -0.15) is 0 Å². The lowest BCUT2D eigenvalue weighted by molar-refractivity contribution is -0.132. The maximum atomic E-state index is 15.4. The summed E-state index contributed by atoms with van der Waals surface area (Å²) in [6, 6.07) is 11.0. The fourth-order valence-electron chi connectivity index (χ4n) is 5.42. The topological polar surface area (TPSA) is 97.4 Å². The second-order valence-electron chi connectivity index (χ2n) is 13.1.